The van der Waals surface area contributed by atoms with E-state index >= 15 is 0 Å². The van der Waals surface area contributed by atoms with Crippen LogP contribution in [-0.2, 0) is 16.6 Å². The van der Waals surface area contributed by atoms with E-state index in [0.717, 1.165) is 12.1 Å². The van der Waals surface area contributed by atoms with Crippen LogP contribution < -0.4 is 4.72 Å². The van der Waals surface area contributed by atoms with Gasteiger partial charge in [-0.3, -0.25) is 19.4 Å². The monoisotopic (exact) mass is 554 g/mol. The number of fused-ring (bicyclic) bond motifs is 1. The molecule has 1 aliphatic rings. The second-order valence-electron chi connectivity index (χ2n) is 9.47. The molecule has 0 radical (unpaired) electrons. The summed E-state index contributed by atoms with van der Waals surface area (Å²) in [5.74, 6) is -4.17. The van der Waals surface area contributed by atoms with Crippen LogP contribution in [0.4, 0.5) is 18.9 Å². The molecule has 1 aromatic heterocycles. The average Bonchev–Trinajstić information content (AvgIpc) is 2.91. The molecule has 3 aromatic carbocycles. The summed E-state index contributed by atoms with van der Waals surface area (Å²) in [5, 5.41) is 0.701. The van der Waals surface area contributed by atoms with E-state index in [4.69, 9.17) is 0 Å². The zero-order chi connectivity index (χ0) is 27.7. The number of carbonyl (C=O) groups excluding carboxylic acids is 1. The first-order valence-corrected chi connectivity index (χ1v) is 13.7. The van der Waals surface area contributed by atoms with E-state index in [1.54, 1.807) is 41.3 Å². The summed E-state index contributed by atoms with van der Waals surface area (Å²) < 4.78 is 69.0. The summed E-state index contributed by atoms with van der Waals surface area (Å²) in [4.78, 5) is 21.1. The number of para-hydroxylation sites is 1. The van der Waals surface area contributed by atoms with Crippen molar-refractivity contribution in [3.63, 3.8) is 0 Å². The molecule has 1 fully saturated rings. The Bertz CT molecular complexity index is 1620. The Labute approximate surface area is 223 Å². The lowest BCUT2D eigenvalue weighted by atomic mass is 10.1. The molecule has 1 N–H and O–H groups in total. The topological polar surface area (TPSA) is 82.6 Å². The Kier molecular flexibility index (Phi) is 7.28. The highest BCUT2D eigenvalue weighted by Crippen LogP contribution is 2.24. The zero-order valence-corrected chi connectivity index (χ0v) is 21.8. The normalized spacial score (nSPS) is 16.4. The summed E-state index contributed by atoms with van der Waals surface area (Å²) >= 11 is 0. The van der Waals surface area contributed by atoms with Gasteiger partial charge < -0.3 is 4.90 Å². The lowest BCUT2D eigenvalue weighted by Crippen LogP contribution is -2.53. The van der Waals surface area contributed by atoms with Gasteiger partial charge in [0.25, 0.3) is 15.9 Å². The van der Waals surface area contributed by atoms with E-state index in [-0.39, 0.29) is 23.4 Å². The van der Waals surface area contributed by atoms with Gasteiger partial charge in [-0.2, -0.15) is 0 Å². The molecule has 1 amide bonds. The van der Waals surface area contributed by atoms with E-state index < -0.39 is 27.5 Å². The van der Waals surface area contributed by atoms with Gasteiger partial charge in [0.2, 0.25) is 0 Å². The van der Waals surface area contributed by atoms with Gasteiger partial charge in [-0.1, -0.05) is 18.2 Å². The minimum atomic E-state index is -3.92. The Morgan fingerprint density at radius 1 is 1.00 bits per heavy atom. The van der Waals surface area contributed by atoms with Crippen molar-refractivity contribution in [2.45, 2.75) is 24.4 Å². The zero-order valence-electron chi connectivity index (χ0n) is 20.9. The molecule has 202 valence electrons. The quantitative estimate of drug-likeness (QED) is 0.347. The number of pyridine rings is 1. The summed E-state index contributed by atoms with van der Waals surface area (Å²) in [6.07, 6.45) is 1.53. The van der Waals surface area contributed by atoms with Crippen molar-refractivity contribution < 1.29 is 26.4 Å². The molecule has 1 atom stereocenters. The first-order valence-electron chi connectivity index (χ1n) is 12.3. The molecule has 39 heavy (non-hydrogen) atoms. The molecular formula is C28H25F3N4O3S. The smallest absolute Gasteiger partial charge is 0.264 e. The molecular weight excluding hydrogens is 529 g/mol. The Hall–Kier alpha value is -3.96. The minimum Gasteiger partial charge on any atom is -0.333 e. The number of hydrogen-bond donors (Lipinski definition) is 1. The summed E-state index contributed by atoms with van der Waals surface area (Å²) in [7, 11) is -3.92. The Morgan fingerprint density at radius 3 is 2.38 bits per heavy atom. The molecule has 0 bridgehead atoms. The van der Waals surface area contributed by atoms with Gasteiger partial charge >= 0.3 is 0 Å². The van der Waals surface area contributed by atoms with Gasteiger partial charge in [0.15, 0.2) is 17.5 Å². The van der Waals surface area contributed by atoms with Crippen LogP contribution in [0.1, 0.15) is 22.8 Å². The lowest BCUT2D eigenvalue weighted by Gasteiger charge is -2.40. The molecule has 5 rings (SSSR count). The third kappa shape index (κ3) is 5.59. The van der Waals surface area contributed by atoms with Gasteiger partial charge in [0, 0.05) is 55.1 Å². The minimum absolute atomic E-state index is 0.0542. The van der Waals surface area contributed by atoms with Crippen molar-refractivity contribution in [3.05, 3.63) is 102 Å². The number of halogens is 3. The van der Waals surface area contributed by atoms with Gasteiger partial charge in [0.1, 0.15) is 4.90 Å². The van der Waals surface area contributed by atoms with Gasteiger partial charge in [-0.25, -0.2) is 21.6 Å². The largest absolute Gasteiger partial charge is 0.333 e. The highest BCUT2D eigenvalue weighted by Gasteiger charge is 2.28. The second kappa shape index (κ2) is 10.7. The number of carbonyl (C=O) groups is 1. The molecule has 2 heterocycles. The highest BCUT2D eigenvalue weighted by atomic mass is 32.2. The molecule has 0 spiro atoms. The predicted molar refractivity (Wildman–Crippen MR) is 141 cm³/mol. The number of nitrogens with one attached hydrogen (secondary N) is 1. The van der Waals surface area contributed by atoms with Crippen molar-refractivity contribution >= 4 is 32.5 Å². The van der Waals surface area contributed by atoms with Crippen LogP contribution in [0.15, 0.2) is 77.8 Å². The maximum Gasteiger partial charge on any atom is 0.264 e. The number of amides is 1. The van der Waals surface area contributed by atoms with Gasteiger partial charge in [0.05, 0.1) is 5.52 Å². The van der Waals surface area contributed by atoms with Crippen LogP contribution in [0.3, 0.4) is 0 Å². The third-order valence-corrected chi connectivity index (χ3v) is 8.10. The number of nitrogens with zero attached hydrogens (tertiary/aromatic N) is 3. The van der Waals surface area contributed by atoms with Crippen molar-refractivity contribution in [3.8, 4) is 0 Å². The molecule has 0 unspecified atom stereocenters. The van der Waals surface area contributed by atoms with Crippen LogP contribution in [0, 0.1) is 17.5 Å². The van der Waals surface area contributed by atoms with E-state index in [9.17, 15) is 26.4 Å². The standard InChI is InChI=1S/C28H25F3N4O3S/c1-18-16-34(17-19-14-23(29)26(31)24(30)15-19)12-13-35(18)28(36)21-7-9-22(10-8-21)33-39(37,38)25-6-2-4-20-5-3-11-32-27(20)25/h2-11,14-15,18,33H,12-13,16-17H2,1H3/t18-/m1/s1. The second-order valence-corrected chi connectivity index (χ2v) is 11.1. The number of benzene rings is 3. The fourth-order valence-electron chi connectivity index (χ4n) is 4.79. The Balaban J connectivity index is 1.24. The van der Waals surface area contributed by atoms with E-state index in [1.165, 1.54) is 24.4 Å². The van der Waals surface area contributed by atoms with Gasteiger partial charge in [-0.05, 0) is 61.0 Å². The van der Waals surface area contributed by atoms with E-state index in [2.05, 4.69) is 9.71 Å². The van der Waals surface area contributed by atoms with Crippen LogP contribution in [0.25, 0.3) is 10.9 Å². The Morgan fingerprint density at radius 2 is 1.69 bits per heavy atom. The number of sulfonamides is 1. The van der Waals surface area contributed by atoms with Crippen molar-refractivity contribution in [1.29, 1.82) is 0 Å². The molecule has 1 aliphatic heterocycles. The highest BCUT2D eigenvalue weighted by molar-refractivity contribution is 7.93. The maximum absolute atomic E-state index is 13.6. The number of hydrogen-bond acceptors (Lipinski definition) is 5. The summed E-state index contributed by atoms with van der Waals surface area (Å²) in [5.41, 5.74) is 1.38. The van der Waals surface area contributed by atoms with Crippen molar-refractivity contribution in [1.82, 2.24) is 14.8 Å². The number of rotatable bonds is 6. The maximum atomic E-state index is 13.6. The first-order chi connectivity index (χ1) is 18.6. The lowest BCUT2D eigenvalue weighted by molar-refractivity contribution is 0.0475. The molecule has 0 saturated carbocycles. The van der Waals surface area contributed by atoms with Crippen LogP contribution in [-0.4, -0.2) is 54.8 Å². The number of anilines is 1. The predicted octanol–water partition coefficient (Wildman–Crippen LogP) is 4.80. The van der Waals surface area contributed by atoms with Crippen LogP contribution >= 0.6 is 0 Å². The molecule has 11 heteroatoms. The summed E-state index contributed by atoms with van der Waals surface area (Å²) in [6, 6.07) is 16.4. The van der Waals surface area contributed by atoms with Gasteiger partial charge in [-0.15, -0.1) is 0 Å². The SMILES string of the molecule is C[C@@H]1CN(Cc2cc(F)c(F)c(F)c2)CCN1C(=O)c1ccc(NS(=O)(=O)c2cccc3cccnc23)cc1. The third-order valence-electron chi connectivity index (χ3n) is 6.69. The number of aromatic nitrogens is 1. The van der Waals surface area contributed by atoms with E-state index in [1.807, 2.05) is 11.8 Å². The molecule has 7 nitrogen and oxygen atoms in total. The van der Waals surface area contributed by atoms with Crippen molar-refractivity contribution in [2.75, 3.05) is 24.4 Å². The fraction of sp³-hybridized carbons (Fsp3) is 0.214. The first kappa shape index (κ1) is 26.6. The van der Waals surface area contributed by atoms with Crippen molar-refractivity contribution in [2.24, 2.45) is 0 Å². The molecule has 1 saturated heterocycles. The average molecular weight is 555 g/mol. The molecule has 0 aliphatic carbocycles. The summed E-state index contributed by atoms with van der Waals surface area (Å²) in [6.45, 7) is 3.41. The van der Waals surface area contributed by atoms with Crippen LogP contribution in [0.5, 0.6) is 0 Å². The molecule has 4 aromatic rings. The fourth-order valence-corrected chi connectivity index (χ4v) is 6.02. The van der Waals surface area contributed by atoms with E-state index in [0.29, 0.717) is 47.4 Å². The van der Waals surface area contributed by atoms with Crippen LogP contribution in [0.2, 0.25) is 0 Å². The number of piperazine rings is 1.